The van der Waals surface area contributed by atoms with Gasteiger partial charge < -0.3 is 15.4 Å². The highest BCUT2D eigenvalue weighted by atomic mass is 16.5. The van der Waals surface area contributed by atoms with E-state index in [4.69, 9.17) is 4.74 Å². The molecule has 2 N–H and O–H groups in total. The van der Waals surface area contributed by atoms with Gasteiger partial charge in [0.15, 0.2) is 6.10 Å². The van der Waals surface area contributed by atoms with Crippen LogP contribution in [-0.4, -0.2) is 24.5 Å². The van der Waals surface area contributed by atoms with E-state index in [1.54, 1.807) is 0 Å². The van der Waals surface area contributed by atoms with Gasteiger partial charge in [0.2, 0.25) is 5.91 Å². The summed E-state index contributed by atoms with van der Waals surface area (Å²) >= 11 is 0. The molecule has 1 heterocycles. The van der Waals surface area contributed by atoms with Crippen LogP contribution in [0.3, 0.4) is 0 Å². The average Bonchev–Trinajstić information content (AvgIpc) is 2.37. The van der Waals surface area contributed by atoms with E-state index in [1.165, 1.54) is 0 Å². The van der Waals surface area contributed by atoms with E-state index in [9.17, 15) is 9.59 Å². The van der Waals surface area contributed by atoms with Gasteiger partial charge in [0, 0.05) is 6.54 Å². The first-order chi connectivity index (χ1) is 9.45. The third kappa shape index (κ3) is 3.50. The smallest absolute Gasteiger partial charge is 0.266 e. The Bertz CT molecular complexity index is 526. The van der Waals surface area contributed by atoms with Crippen LogP contribution in [0.1, 0.15) is 25.8 Å². The molecule has 0 bridgehead atoms. The summed E-state index contributed by atoms with van der Waals surface area (Å²) in [5, 5.41) is 5.56. The second-order valence-corrected chi connectivity index (χ2v) is 5.50. The van der Waals surface area contributed by atoms with Gasteiger partial charge in [-0.05, 0) is 30.5 Å². The molecule has 0 radical (unpaired) electrons. The fraction of sp³-hybridized carbons (Fsp3) is 0.467. The molecule has 20 heavy (non-hydrogen) atoms. The van der Waals surface area contributed by atoms with E-state index in [1.807, 2.05) is 39.0 Å². The number of rotatable bonds is 4. The Balaban J connectivity index is 1.99. The minimum absolute atomic E-state index is 0.0336. The third-order valence-electron chi connectivity index (χ3n) is 3.03. The first-order valence-electron chi connectivity index (χ1n) is 6.80. The highest BCUT2D eigenvalue weighted by Gasteiger charge is 2.29. The Hall–Kier alpha value is -2.04. The van der Waals surface area contributed by atoms with E-state index in [0.29, 0.717) is 23.9 Å². The Morgan fingerprint density at radius 3 is 2.90 bits per heavy atom. The predicted molar refractivity (Wildman–Crippen MR) is 76.7 cm³/mol. The lowest BCUT2D eigenvalue weighted by molar-refractivity contribution is -0.130. The molecule has 1 aromatic rings. The second-order valence-electron chi connectivity index (χ2n) is 5.50. The normalized spacial score (nSPS) is 17.2. The van der Waals surface area contributed by atoms with Crippen LogP contribution >= 0.6 is 0 Å². The van der Waals surface area contributed by atoms with Gasteiger partial charge in [0.25, 0.3) is 5.91 Å². The van der Waals surface area contributed by atoms with Crippen LogP contribution in [0, 0.1) is 12.8 Å². The molecule has 108 valence electrons. The first-order valence-corrected chi connectivity index (χ1v) is 6.80. The van der Waals surface area contributed by atoms with Crippen molar-refractivity contribution in [1.29, 1.82) is 0 Å². The summed E-state index contributed by atoms with van der Waals surface area (Å²) in [7, 11) is 0. The largest absolute Gasteiger partial charge is 0.478 e. The number of carbonyl (C=O) groups is 2. The summed E-state index contributed by atoms with van der Waals surface area (Å²) in [6.45, 7) is 6.58. The maximum atomic E-state index is 11.9. The number of fused-ring (bicyclic) bond motifs is 1. The summed E-state index contributed by atoms with van der Waals surface area (Å²) in [4.78, 5) is 23.7. The number of benzene rings is 1. The van der Waals surface area contributed by atoms with Crippen molar-refractivity contribution in [3.05, 3.63) is 23.8 Å². The quantitative estimate of drug-likeness (QED) is 0.882. The molecule has 2 rings (SSSR count). The fourth-order valence-corrected chi connectivity index (χ4v) is 1.96. The van der Waals surface area contributed by atoms with Gasteiger partial charge in [-0.1, -0.05) is 19.9 Å². The van der Waals surface area contributed by atoms with Gasteiger partial charge in [0.05, 0.1) is 12.1 Å². The summed E-state index contributed by atoms with van der Waals surface area (Å²) in [6, 6.07) is 5.57. The van der Waals surface area contributed by atoms with Crippen LogP contribution in [0.4, 0.5) is 5.69 Å². The number of ether oxygens (including phenoxy) is 1. The van der Waals surface area contributed by atoms with Gasteiger partial charge in [0.1, 0.15) is 5.75 Å². The van der Waals surface area contributed by atoms with Crippen molar-refractivity contribution in [3.8, 4) is 5.75 Å². The molecule has 0 saturated heterocycles. The molecule has 0 saturated carbocycles. The molecule has 5 heteroatoms. The molecule has 1 aromatic carbocycles. The molecule has 1 aliphatic heterocycles. The Kier molecular flexibility index (Phi) is 4.27. The lowest BCUT2D eigenvalue weighted by Crippen LogP contribution is -2.41. The van der Waals surface area contributed by atoms with Crippen molar-refractivity contribution in [2.75, 3.05) is 11.9 Å². The Morgan fingerprint density at radius 2 is 2.20 bits per heavy atom. The van der Waals surface area contributed by atoms with Crippen molar-refractivity contribution in [2.45, 2.75) is 33.3 Å². The third-order valence-corrected chi connectivity index (χ3v) is 3.03. The van der Waals surface area contributed by atoms with Gasteiger partial charge in [-0.15, -0.1) is 0 Å². The average molecular weight is 276 g/mol. The molecular formula is C15H20N2O3. The number of nitrogens with one attached hydrogen (secondary N) is 2. The van der Waals surface area contributed by atoms with Crippen LogP contribution in [0.25, 0.3) is 0 Å². The van der Waals surface area contributed by atoms with Gasteiger partial charge in [-0.3, -0.25) is 9.59 Å². The van der Waals surface area contributed by atoms with Crippen LogP contribution in [0.5, 0.6) is 5.75 Å². The zero-order valence-electron chi connectivity index (χ0n) is 12.0. The number of carbonyl (C=O) groups excluding carboxylic acids is 2. The lowest BCUT2D eigenvalue weighted by atomic mass is 10.1. The van der Waals surface area contributed by atoms with Crippen molar-refractivity contribution in [2.24, 2.45) is 5.92 Å². The van der Waals surface area contributed by atoms with Crippen LogP contribution in [0.15, 0.2) is 18.2 Å². The van der Waals surface area contributed by atoms with Crippen molar-refractivity contribution in [3.63, 3.8) is 0 Å². The lowest BCUT2D eigenvalue weighted by Gasteiger charge is -2.25. The first kappa shape index (κ1) is 14.4. The molecule has 1 aliphatic rings. The van der Waals surface area contributed by atoms with Gasteiger partial charge in [-0.25, -0.2) is 0 Å². The van der Waals surface area contributed by atoms with Crippen molar-refractivity contribution >= 4 is 17.5 Å². The number of hydrogen-bond acceptors (Lipinski definition) is 3. The molecule has 1 atom stereocenters. The fourth-order valence-electron chi connectivity index (χ4n) is 1.96. The van der Waals surface area contributed by atoms with Gasteiger partial charge in [-0.2, -0.15) is 0 Å². The molecule has 0 spiro atoms. The molecule has 1 unspecified atom stereocenters. The number of amides is 2. The van der Waals surface area contributed by atoms with E-state index < -0.39 is 6.10 Å². The van der Waals surface area contributed by atoms with E-state index in [0.717, 1.165) is 5.56 Å². The maximum Gasteiger partial charge on any atom is 0.266 e. The highest BCUT2D eigenvalue weighted by molar-refractivity contribution is 6.00. The predicted octanol–water partition coefficient (Wildman–Crippen LogP) is 1.86. The molecular weight excluding hydrogens is 256 g/mol. The zero-order chi connectivity index (χ0) is 14.7. The molecule has 0 aromatic heterocycles. The number of hydrogen-bond donors (Lipinski definition) is 2. The van der Waals surface area contributed by atoms with Crippen molar-refractivity contribution in [1.82, 2.24) is 5.32 Å². The summed E-state index contributed by atoms with van der Waals surface area (Å²) in [5.41, 5.74) is 1.70. The van der Waals surface area contributed by atoms with Crippen molar-refractivity contribution < 1.29 is 14.3 Å². The monoisotopic (exact) mass is 276 g/mol. The topological polar surface area (TPSA) is 67.4 Å². The number of aryl methyl sites for hydroxylation is 1. The Morgan fingerprint density at radius 1 is 1.45 bits per heavy atom. The SMILES string of the molecule is Cc1ccc2c(c1)NC(=O)C(CC(=O)NCC(C)C)O2. The zero-order valence-corrected chi connectivity index (χ0v) is 12.0. The Labute approximate surface area is 118 Å². The summed E-state index contributed by atoms with van der Waals surface area (Å²) in [5.74, 6) is 0.540. The maximum absolute atomic E-state index is 11.9. The molecule has 0 fully saturated rings. The second kappa shape index (κ2) is 5.94. The van der Waals surface area contributed by atoms with E-state index >= 15 is 0 Å². The van der Waals surface area contributed by atoms with Gasteiger partial charge >= 0.3 is 0 Å². The van der Waals surface area contributed by atoms with Crippen LogP contribution < -0.4 is 15.4 Å². The highest BCUT2D eigenvalue weighted by Crippen LogP contribution is 2.30. The minimum Gasteiger partial charge on any atom is -0.478 e. The molecule has 0 aliphatic carbocycles. The summed E-state index contributed by atoms with van der Waals surface area (Å²) < 4.78 is 5.60. The molecule has 5 nitrogen and oxygen atoms in total. The minimum atomic E-state index is -0.766. The standard InChI is InChI=1S/C15H20N2O3/c1-9(2)8-16-14(18)7-13-15(19)17-11-6-10(3)4-5-12(11)20-13/h4-6,9,13H,7-8H2,1-3H3,(H,16,18)(H,17,19). The molecule has 2 amide bonds. The van der Waals surface area contributed by atoms with Crippen LogP contribution in [0.2, 0.25) is 0 Å². The summed E-state index contributed by atoms with van der Waals surface area (Å²) in [6.07, 6.45) is -0.733. The van der Waals surface area contributed by atoms with Crippen LogP contribution in [-0.2, 0) is 9.59 Å². The number of anilines is 1. The van der Waals surface area contributed by atoms with E-state index in [-0.39, 0.29) is 18.2 Å². The van der Waals surface area contributed by atoms with E-state index in [2.05, 4.69) is 10.6 Å².